The lowest BCUT2D eigenvalue weighted by Crippen LogP contribution is -2.29. The second-order valence-corrected chi connectivity index (χ2v) is 5.62. The zero-order chi connectivity index (χ0) is 14.1. The molecule has 1 aliphatic heterocycles. The first-order valence-corrected chi connectivity index (χ1v) is 7.09. The van der Waals surface area contributed by atoms with E-state index in [0.29, 0.717) is 12.4 Å². The standard InChI is InChI=1S/C15H20N4O/c1-10(2)15-17-14(18-20-15)9-19-7-3-4-11-8-12(16)5-6-13(11)19/h5-6,8,10H,3-4,7,9,16H2,1-2H3. The normalized spacial score (nSPS) is 14.7. The van der Waals surface area contributed by atoms with Gasteiger partial charge in [0.05, 0.1) is 6.54 Å². The molecule has 0 atom stereocenters. The Hall–Kier alpha value is -2.04. The average molecular weight is 272 g/mol. The molecule has 1 aromatic carbocycles. The molecule has 0 unspecified atom stereocenters. The minimum absolute atomic E-state index is 0.268. The lowest BCUT2D eigenvalue weighted by molar-refractivity contribution is 0.360. The largest absolute Gasteiger partial charge is 0.399 e. The van der Waals surface area contributed by atoms with E-state index in [2.05, 4.69) is 41.0 Å². The highest BCUT2D eigenvalue weighted by Crippen LogP contribution is 2.29. The molecule has 106 valence electrons. The van der Waals surface area contributed by atoms with Gasteiger partial charge in [-0.1, -0.05) is 19.0 Å². The molecule has 5 heteroatoms. The van der Waals surface area contributed by atoms with Gasteiger partial charge < -0.3 is 15.2 Å². The molecule has 3 rings (SSSR count). The van der Waals surface area contributed by atoms with Crippen molar-refractivity contribution >= 4 is 11.4 Å². The summed E-state index contributed by atoms with van der Waals surface area (Å²) in [7, 11) is 0. The molecule has 2 N–H and O–H groups in total. The summed E-state index contributed by atoms with van der Waals surface area (Å²) in [6, 6.07) is 6.11. The number of benzene rings is 1. The topological polar surface area (TPSA) is 68.2 Å². The average Bonchev–Trinajstić information content (AvgIpc) is 2.87. The van der Waals surface area contributed by atoms with Gasteiger partial charge in [0.1, 0.15) is 0 Å². The Morgan fingerprint density at radius 1 is 1.40 bits per heavy atom. The number of aromatic nitrogens is 2. The summed E-state index contributed by atoms with van der Waals surface area (Å²) in [5, 5.41) is 4.07. The zero-order valence-corrected chi connectivity index (χ0v) is 12.0. The first-order chi connectivity index (χ1) is 9.63. The molecule has 0 radical (unpaired) electrons. The molecule has 0 spiro atoms. The Kier molecular flexibility index (Phi) is 3.34. The maximum atomic E-state index is 5.86. The van der Waals surface area contributed by atoms with E-state index < -0.39 is 0 Å². The van der Waals surface area contributed by atoms with Gasteiger partial charge in [-0.05, 0) is 36.6 Å². The van der Waals surface area contributed by atoms with Crippen molar-refractivity contribution in [2.75, 3.05) is 17.2 Å². The summed E-state index contributed by atoms with van der Waals surface area (Å²) < 4.78 is 5.27. The molecule has 0 fully saturated rings. The maximum absolute atomic E-state index is 5.86. The van der Waals surface area contributed by atoms with Gasteiger partial charge in [0.15, 0.2) is 5.82 Å². The molecule has 2 heterocycles. The number of hydrogen-bond donors (Lipinski definition) is 1. The highest BCUT2D eigenvalue weighted by molar-refractivity contribution is 5.61. The number of nitrogens with zero attached hydrogens (tertiary/aromatic N) is 3. The van der Waals surface area contributed by atoms with Gasteiger partial charge in [-0.25, -0.2) is 0 Å². The first kappa shape index (κ1) is 13.0. The fourth-order valence-corrected chi connectivity index (χ4v) is 2.60. The Morgan fingerprint density at radius 3 is 3.00 bits per heavy atom. The van der Waals surface area contributed by atoms with Crippen LogP contribution in [-0.2, 0) is 13.0 Å². The van der Waals surface area contributed by atoms with Gasteiger partial charge in [0.25, 0.3) is 0 Å². The SMILES string of the molecule is CC(C)c1nc(CN2CCCc3cc(N)ccc32)no1. The monoisotopic (exact) mass is 272 g/mol. The van der Waals surface area contributed by atoms with Crippen LogP contribution >= 0.6 is 0 Å². The number of rotatable bonds is 3. The molecule has 0 amide bonds. The van der Waals surface area contributed by atoms with E-state index in [0.717, 1.165) is 30.9 Å². The van der Waals surface area contributed by atoms with E-state index in [4.69, 9.17) is 10.3 Å². The number of hydrogen-bond acceptors (Lipinski definition) is 5. The van der Waals surface area contributed by atoms with E-state index in [9.17, 15) is 0 Å². The van der Waals surface area contributed by atoms with Crippen molar-refractivity contribution in [3.63, 3.8) is 0 Å². The van der Waals surface area contributed by atoms with Crippen LogP contribution in [0.3, 0.4) is 0 Å². The molecule has 1 aromatic heterocycles. The van der Waals surface area contributed by atoms with Crippen molar-refractivity contribution in [2.24, 2.45) is 0 Å². The van der Waals surface area contributed by atoms with E-state index in [1.807, 2.05) is 6.07 Å². The van der Waals surface area contributed by atoms with Gasteiger partial charge in [0.2, 0.25) is 5.89 Å². The minimum atomic E-state index is 0.268. The Bertz CT molecular complexity index is 606. The van der Waals surface area contributed by atoms with E-state index >= 15 is 0 Å². The summed E-state index contributed by atoms with van der Waals surface area (Å²) in [5.41, 5.74) is 9.23. The first-order valence-electron chi connectivity index (χ1n) is 7.09. The van der Waals surface area contributed by atoms with Crippen molar-refractivity contribution in [2.45, 2.75) is 39.2 Å². The highest BCUT2D eigenvalue weighted by atomic mass is 16.5. The van der Waals surface area contributed by atoms with Gasteiger partial charge in [0, 0.05) is 23.8 Å². The van der Waals surface area contributed by atoms with Crippen molar-refractivity contribution in [3.8, 4) is 0 Å². The van der Waals surface area contributed by atoms with Crippen LogP contribution in [0, 0.1) is 0 Å². The van der Waals surface area contributed by atoms with Gasteiger partial charge >= 0.3 is 0 Å². The summed E-state index contributed by atoms with van der Waals surface area (Å²) in [6.07, 6.45) is 2.21. The van der Waals surface area contributed by atoms with Crippen LogP contribution in [0.25, 0.3) is 0 Å². The van der Waals surface area contributed by atoms with E-state index in [1.165, 1.54) is 11.3 Å². The summed E-state index contributed by atoms with van der Waals surface area (Å²) in [5.74, 6) is 1.72. The van der Waals surface area contributed by atoms with Crippen molar-refractivity contribution in [3.05, 3.63) is 35.5 Å². The van der Waals surface area contributed by atoms with Crippen LogP contribution < -0.4 is 10.6 Å². The highest BCUT2D eigenvalue weighted by Gasteiger charge is 2.19. The van der Waals surface area contributed by atoms with E-state index in [-0.39, 0.29) is 5.92 Å². The summed E-state index contributed by atoms with van der Waals surface area (Å²) in [6.45, 7) is 5.81. The second kappa shape index (κ2) is 5.15. The van der Waals surface area contributed by atoms with Crippen LogP contribution in [0.1, 0.15) is 43.5 Å². The number of nitrogen functional groups attached to an aromatic ring is 1. The van der Waals surface area contributed by atoms with E-state index in [1.54, 1.807) is 0 Å². The van der Waals surface area contributed by atoms with Crippen LogP contribution in [-0.4, -0.2) is 16.7 Å². The van der Waals surface area contributed by atoms with Crippen LogP contribution in [0.2, 0.25) is 0 Å². The molecule has 0 saturated carbocycles. The maximum Gasteiger partial charge on any atom is 0.229 e. The lowest BCUT2D eigenvalue weighted by Gasteiger charge is -2.30. The van der Waals surface area contributed by atoms with Crippen molar-refractivity contribution in [1.29, 1.82) is 0 Å². The minimum Gasteiger partial charge on any atom is -0.399 e. The number of aryl methyl sites for hydroxylation is 1. The smallest absolute Gasteiger partial charge is 0.229 e. The molecule has 5 nitrogen and oxygen atoms in total. The van der Waals surface area contributed by atoms with Crippen molar-refractivity contribution < 1.29 is 4.52 Å². The second-order valence-electron chi connectivity index (χ2n) is 5.62. The third-order valence-electron chi connectivity index (χ3n) is 3.63. The molecule has 0 aliphatic carbocycles. The lowest BCUT2D eigenvalue weighted by atomic mass is 10.0. The Balaban J connectivity index is 1.82. The predicted octanol–water partition coefficient (Wildman–Crippen LogP) is 2.73. The molecule has 1 aliphatic rings. The Labute approximate surface area is 118 Å². The number of fused-ring (bicyclic) bond motifs is 1. The fraction of sp³-hybridized carbons (Fsp3) is 0.467. The Morgan fingerprint density at radius 2 is 2.25 bits per heavy atom. The molecule has 20 heavy (non-hydrogen) atoms. The molecule has 0 saturated heterocycles. The van der Waals surface area contributed by atoms with Gasteiger partial charge in [-0.3, -0.25) is 0 Å². The third-order valence-corrected chi connectivity index (χ3v) is 3.63. The molecule has 2 aromatic rings. The summed E-state index contributed by atoms with van der Waals surface area (Å²) in [4.78, 5) is 6.75. The molecule has 0 bridgehead atoms. The van der Waals surface area contributed by atoms with Gasteiger partial charge in [-0.2, -0.15) is 4.98 Å². The van der Waals surface area contributed by atoms with Crippen LogP contribution in [0.15, 0.2) is 22.7 Å². The number of nitrogens with two attached hydrogens (primary N) is 1. The molecular formula is C15H20N4O. The van der Waals surface area contributed by atoms with Crippen LogP contribution in [0.5, 0.6) is 0 Å². The van der Waals surface area contributed by atoms with Crippen LogP contribution in [0.4, 0.5) is 11.4 Å². The third kappa shape index (κ3) is 2.48. The summed E-state index contributed by atoms with van der Waals surface area (Å²) >= 11 is 0. The van der Waals surface area contributed by atoms with Crippen molar-refractivity contribution in [1.82, 2.24) is 10.1 Å². The van der Waals surface area contributed by atoms with Gasteiger partial charge in [-0.15, -0.1) is 0 Å². The predicted molar refractivity (Wildman–Crippen MR) is 78.6 cm³/mol. The fourth-order valence-electron chi connectivity index (χ4n) is 2.60. The number of anilines is 2. The molecular weight excluding hydrogens is 252 g/mol. The quantitative estimate of drug-likeness (QED) is 0.870. The zero-order valence-electron chi connectivity index (χ0n) is 12.0.